The molecule has 2 rings (SSSR count). The number of aromatic nitrogens is 2. The van der Waals surface area contributed by atoms with Gasteiger partial charge in [0.15, 0.2) is 5.69 Å². The van der Waals surface area contributed by atoms with Gasteiger partial charge in [0, 0.05) is 23.8 Å². The fourth-order valence-corrected chi connectivity index (χ4v) is 1.99. The molecule has 1 amide bonds. The molecule has 0 aliphatic carbocycles. The van der Waals surface area contributed by atoms with Crippen molar-refractivity contribution >= 4 is 27.8 Å². The van der Waals surface area contributed by atoms with E-state index in [0.29, 0.717) is 11.0 Å². The number of amides is 1. The minimum atomic E-state index is -1.12. The number of carbonyl (C=O) groups is 2. The van der Waals surface area contributed by atoms with Crippen LogP contribution in [0, 0.1) is 5.82 Å². The van der Waals surface area contributed by atoms with Crippen molar-refractivity contribution in [2.45, 2.75) is 6.54 Å². The number of nitrogens with one attached hydrogen (secondary N) is 1. The maximum absolute atomic E-state index is 13.6. The van der Waals surface area contributed by atoms with Gasteiger partial charge in [0.25, 0.3) is 5.91 Å². The van der Waals surface area contributed by atoms with Gasteiger partial charge in [0.1, 0.15) is 5.82 Å². The van der Waals surface area contributed by atoms with Crippen LogP contribution in [0.3, 0.4) is 0 Å². The first-order valence-electron chi connectivity index (χ1n) is 5.95. The van der Waals surface area contributed by atoms with Gasteiger partial charge in [-0.2, -0.15) is 0 Å². The van der Waals surface area contributed by atoms with Crippen molar-refractivity contribution in [3.05, 3.63) is 52.3 Å². The number of carbonyl (C=O) groups excluding carboxylic acids is 1. The van der Waals surface area contributed by atoms with E-state index in [2.05, 4.69) is 26.2 Å². The molecule has 1 heterocycles. The minimum Gasteiger partial charge on any atom is -0.476 e. The van der Waals surface area contributed by atoms with Crippen LogP contribution in [0.15, 0.2) is 35.2 Å². The Hall–Kier alpha value is -2.22. The quantitative estimate of drug-likeness (QED) is 0.857. The highest BCUT2D eigenvalue weighted by atomic mass is 79.9. The summed E-state index contributed by atoms with van der Waals surface area (Å²) in [5, 5.41) is 11.3. The second-order valence-electron chi connectivity index (χ2n) is 4.18. The zero-order chi connectivity index (χ0) is 15.4. The van der Waals surface area contributed by atoms with Crippen LogP contribution in [-0.2, 0) is 6.54 Å². The lowest BCUT2D eigenvalue weighted by molar-refractivity contribution is 0.0690. The monoisotopic (exact) mass is 355 g/mol. The van der Waals surface area contributed by atoms with Crippen molar-refractivity contribution in [2.24, 2.45) is 0 Å². The standard InChI is InChI=1S/C13H11BrFN3O3/c14-8-1-2-9(10(15)5-8)12(19)16-3-4-18-6-11(13(20)21)17-7-18/h1-2,5-7H,3-4H2,(H,16,19)(H,20,21). The van der Waals surface area contributed by atoms with Crippen LogP contribution in [0.2, 0.25) is 0 Å². The SMILES string of the molecule is O=C(O)c1cn(CCNC(=O)c2ccc(Br)cc2F)cn1. The number of hydrogen-bond acceptors (Lipinski definition) is 3. The van der Waals surface area contributed by atoms with E-state index in [9.17, 15) is 14.0 Å². The van der Waals surface area contributed by atoms with Crippen LogP contribution in [0.4, 0.5) is 4.39 Å². The molecular formula is C13H11BrFN3O3. The highest BCUT2D eigenvalue weighted by molar-refractivity contribution is 9.10. The van der Waals surface area contributed by atoms with Crippen molar-refractivity contribution in [3.63, 3.8) is 0 Å². The lowest BCUT2D eigenvalue weighted by Crippen LogP contribution is -2.27. The van der Waals surface area contributed by atoms with Crippen molar-refractivity contribution in [3.8, 4) is 0 Å². The number of imidazole rings is 1. The molecule has 2 aromatic rings. The number of aromatic carboxylic acids is 1. The van der Waals surface area contributed by atoms with Crippen LogP contribution in [0.1, 0.15) is 20.8 Å². The molecular weight excluding hydrogens is 345 g/mol. The maximum atomic E-state index is 13.6. The number of hydrogen-bond donors (Lipinski definition) is 2. The van der Waals surface area contributed by atoms with Gasteiger partial charge in [0.2, 0.25) is 0 Å². The van der Waals surface area contributed by atoms with Crippen molar-refractivity contribution in [1.29, 1.82) is 0 Å². The van der Waals surface area contributed by atoms with E-state index in [0.717, 1.165) is 0 Å². The molecule has 0 fully saturated rings. The zero-order valence-corrected chi connectivity index (χ0v) is 12.3. The van der Waals surface area contributed by atoms with Gasteiger partial charge in [-0.05, 0) is 18.2 Å². The molecule has 8 heteroatoms. The highest BCUT2D eigenvalue weighted by Crippen LogP contribution is 2.15. The maximum Gasteiger partial charge on any atom is 0.356 e. The first kappa shape index (κ1) is 15.2. The van der Waals surface area contributed by atoms with Gasteiger partial charge in [-0.15, -0.1) is 0 Å². The second kappa shape index (κ2) is 6.49. The number of benzene rings is 1. The molecule has 2 N–H and O–H groups in total. The van der Waals surface area contributed by atoms with Gasteiger partial charge in [-0.1, -0.05) is 15.9 Å². The molecule has 0 radical (unpaired) electrons. The molecule has 0 atom stereocenters. The summed E-state index contributed by atoms with van der Waals surface area (Å²) < 4.78 is 15.7. The van der Waals surface area contributed by atoms with Gasteiger partial charge in [-0.25, -0.2) is 14.2 Å². The fourth-order valence-electron chi connectivity index (χ4n) is 1.66. The Morgan fingerprint density at radius 3 is 2.81 bits per heavy atom. The van der Waals surface area contributed by atoms with Gasteiger partial charge in [0.05, 0.1) is 11.9 Å². The summed E-state index contributed by atoms with van der Waals surface area (Å²) in [5.41, 5.74) is -0.115. The summed E-state index contributed by atoms with van der Waals surface area (Å²) in [4.78, 5) is 26.1. The summed E-state index contributed by atoms with van der Waals surface area (Å²) in [6.45, 7) is 0.563. The molecule has 110 valence electrons. The van der Waals surface area contributed by atoms with Crippen LogP contribution in [-0.4, -0.2) is 33.1 Å². The third kappa shape index (κ3) is 3.88. The van der Waals surface area contributed by atoms with Crippen molar-refractivity contribution in [1.82, 2.24) is 14.9 Å². The Morgan fingerprint density at radius 2 is 2.19 bits per heavy atom. The predicted molar refractivity (Wildman–Crippen MR) is 75.6 cm³/mol. The highest BCUT2D eigenvalue weighted by Gasteiger charge is 2.11. The molecule has 6 nitrogen and oxygen atoms in total. The molecule has 0 bridgehead atoms. The molecule has 21 heavy (non-hydrogen) atoms. The average molecular weight is 356 g/mol. The van der Waals surface area contributed by atoms with E-state index in [1.807, 2.05) is 0 Å². The van der Waals surface area contributed by atoms with E-state index in [1.54, 1.807) is 6.07 Å². The lowest BCUT2D eigenvalue weighted by Gasteiger charge is -2.06. The first-order chi connectivity index (χ1) is 9.97. The summed E-state index contributed by atoms with van der Waals surface area (Å²) in [6, 6.07) is 4.17. The van der Waals surface area contributed by atoms with E-state index >= 15 is 0 Å². The molecule has 0 saturated heterocycles. The first-order valence-corrected chi connectivity index (χ1v) is 6.75. The van der Waals surface area contributed by atoms with Crippen LogP contribution in [0.5, 0.6) is 0 Å². The minimum absolute atomic E-state index is 0.0462. The third-order valence-corrected chi connectivity index (χ3v) is 3.18. The lowest BCUT2D eigenvalue weighted by atomic mass is 10.2. The second-order valence-corrected chi connectivity index (χ2v) is 5.10. The molecule has 1 aromatic carbocycles. The summed E-state index contributed by atoms with van der Waals surface area (Å²) >= 11 is 3.11. The Labute approximate surface area is 127 Å². The van der Waals surface area contributed by atoms with Gasteiger partial charge in [-0.3, -0.25) is 4.79 Å². The van der Waals surface area contributed by atoms with Crippen LogP contribution < -0.4 is 5.32 Å². The smallest absolute Gasteiger partial charge is 0.356 e. The van der Waals surface area contributed by atoms with Crippen molar-refractivity contribution < 1.29 is 19.1 Å². The third-order valence-electron chi connectivity index (χ3n) is 2.68. The Bertz CT molecular complexity index is 687. The Balaban J connectivity index is 1.90. The summed E-state index contributed by atoms with van der Waals surface area (Å²) in [5.74, 6) is -2.26. The molecule has 1 aromatic heterocycles. The number of halogens is 2. The fraction of sp³-hybridized carbons (Fsp3) is 0.154. The largest absolute Gasteiger partial charge is 0.476 e. The van der Waals surface area contributed by atoms with E-state index in [4.69, 9.17) is 5.11 Å². The number of rotatable bonds is 5. The van der Waals surface area contributed by atoms with Crippen LogP contribution in [0.25, 0.3) is 0 Å². The van der Waals surface area contributed by atoms with Crippen molar-refractivity contribution in [2.75, 3.05) is 6.54 Å². The number of carboxylic acids is 1. The summed E-state index contributed by atoms with van der Waals surface area (Å²) in [7, 11) is 0. The Kier molecular flexibility index (Phi) is 4.69. The number of carboxylic acid groups (broad SMARTS) is 1. The summed E-state index contributed by atoms with van der Waals surface area (Å²) in [6.07, 6.45) is 2.71. The van der Waals surface area contributed by atoms with Gasteiger partial charge < -0.3 is 15.0 Å². The zero-order valence-electron chi connectivity index (χ0n) is 10.7. The van der Waals surface area contributed by atoms with E-state index < -0.39 is 17.7 Å². The molecule has 0 spiro atoms. The molecule has 0 unspecified atom stereocenters. The molecule has 0 aliphatic heterocycles. The number of nitrogens with zero attached hydrogens (tertiary/aromatic N) is 2. The van der Waals surface area contributed by atoms with Gasteiger partial charge >= 0.3 is 5.97 Å². The Morgan fingerprint density at radius 1 is 1.43 bits per heavy atom. The van der Waals surface area contributed by atoms with E-state index in [-0.39, 0.29) is 17.8 Å². The average Bonchev–Trinajstić information content (AvgIpc) is 2.87. The normalized spacial score (nSPS) is 10.4. The predicted octanol–water partition coefficient (Wildman–Crippen LogP) is 1.91. The molecule has 0 saturated carbocycles. The van der Waals surface area contributed by atoms with Crippen LogP contribution >= 0.6 is 15.9 Å². The van der Waals surface area contributed by atoms with E-state index in [1.165, 1.54) is 29.2 Å². The molecule has 0 aliphatic rings. The topological polar surface area (TPSA) is 84.2 Å².